The molecule has 0 aromatic carbocycles. The molecule has 0 heterocycles. The number of hydrogen-bond donors (Lipinski definition) is 5. The number of unbranched alkanes of at least 4 members (excludes halogenated alkanes) is 43. The van der Waals surface area contributed by atoms with Crippen molar-refractivity contribution in [2.75, 3.05) is 6.61 Å². The summed E-state index contributed by atoms with van der Waals surface area (Å²) in [5.74, 6) is -0.595. The Morgan fingerprint density at radius 2 is 0.575 bits per heavy atom. The van der Waals surface area contributed by atoms with E-state index in [0.717, 1.165) is 51.4 Å². The van der Waals surface area contributed by atoms with Crippen LogP contribution in [-0.2, 0) is 4.79 Å². The summed E-state index contributed by atoms with van der Waals surface area (Å²) in [6.45, 7) is 4.08. The Kier molecular flexibility index (Phi) is 59.7. The van der Waals surface area contributed by atoms with Crippen LogP contribution < -0.4 is 5.32 Å². The van der Waals surface area contributed by atoms with Crippen molar-refractivity contribution in [3.8, 4) is 0 Å². The molecule has 6 heteroatoms. The standard InChI is InChI=1S/C67H127NO5/c1-3-5-7-9-11-13-15-17-19-21-23-25-27-28-29-30-31-32-33-34-35-36-37-39-41-43-45-47-49-51-53-55-57-59-61-65(71)67(73)68-63(62-69)66(72)64(70)60-58-56-54-52-50-48-46-44-42-40-38-26-24-22-20-18-16-14-12-10-8-6-4-2/h26,30-31,38,44,46,52,54,63-66,69-72H,3-25,27-29,32-37,39-43,45,47-51,53,55-62H2,1-2H3,(H,68,73)/b31-30-,38-26+,46-44+,54-52+. The molecule has 0 rings (SSSR count). The lowest BCUT2D eigenvalue weighted by molar-refractivity contribution is -0.132. The number of carbonyl (C=O) groups is 1. The number of aliphatic hydroxyl groups excluding tert-OH is 4. The second kappa shape index (κ2) is 61.1. The number of amides is 1. The van der Waals surface area contributed by atoms with E-state index >= 15 is 0 Å². The first-order valence-corrected chi connectivity index (χ1v) is 32.5. The van der Waals surface area contributed by atoms with Gasteiger partial charge in [-0.25, -0.2) is 0 Å². The summed E-state index contributed by atoms with van der Waals surface area (Å²) < 4.78 is 0. The average Bonchev–Trinajstić information content (AvgIpc) is 3.40. The van der Waals surface area contributed by atoms with Gasteiger partial charge in [-0.2, -0.15) is 0 Å². The molecule has 4 unspecified atom stereocenters. The molecule has 0 saturated heterocycles. The highest BCUT2D eigenvalue weighted by Crippen LogP contribution is 2.18. The molecule has 0 fully saturated rings. The molecule has 0 aromatic rings. The van der Waals surface area contributed by atoms with Crippen LogP contribution in [0, 0.1) is 0 Å². The van der Waals surface area contributed by atoms with E-state index in [1.165, 1.54) is 257 Å². The number of nitrogens with one attached hydrogen (secondary N) is 1. The Bertz CT molecular complexity index is 1200. The first-order chi connectivity index (χ1) is 36.0. The summed E-state index contributed by atoms with van der Waals surface area (Å²) in [5.41, 5.74) is 0. The molecule has 73 heavy (non-hydrogen) atoms. The van der Waals surface area contributed by atoms with Gasteiger partial charge in [0.2, 0.25) is 5.91 Å². The maximum atomic E-state index is 12.6. The van der Waals surface area contributed by atoms with Gasteiger partial charge in [-0.3, -0.25) is 4.79 Å². The third-order valence-electron chi connectivity index (χ3n) is 15.2. The van der Waals surface area contributed by atoms with Crippen molar-refractivity contribution in [2.24, 2.45) is 0 Å². The van der Waals surface area contributed by atoms with Crippen LogP contribution in [-0.4, -0.2) is 57.3 Å². The molecule has 1 amide bonds. The number of allylic oxidation sites excluding steroid dienone is 8. The van der Waals surface area contributed by atoms with Crippen LogP contribution in [0.1, 0.15) is 341 Å². The van der Waals surface area contributed by atoms with Gasteiger partial charge < -0.3 is 25.7 Å². The first kappa shape index (κ1) is 71.3. The van der Waals surface area contributed by atoms with E-state index in [4.69, 9.17) is 0 Å². The molecule has 430 valence electrons. The zero-order valence-corrected chi connectivity index (χ0v) is 48.9. The minimum absolute atomic E-state index is 0.360. The van der Waals surface area contributed by atoms with Gasteiger partial charge in [-0.05, 0) is 89.9 Å². The summed E-state index contributed by atoms with van der Waals surface area (Å²) in [4.78, 5) is 12.6. The van der Waals surface area contributed by atoms with Gasteiger partial charge in [0.25, 0.3) is 0 Å². The van der Waals surface area contributed by atoms with E-state index in [9.17, 15) is 25.2 Å². The molecular formula is C67H127NO5. The van der Waals surface area contributed by atoms with Gasteiger partial charge in [0, 0.05) is 0 Å². The summed E-state index contributed by atoms with van der Waals surface area (Å²) in [5, 5.41) is 44.1. The highest BCUT2D eigenvalue weighted by Gasteiger charge is 2.28. The summed E-state index contributed by atoms with van der Waals surface area (Å²) in [6, 6.07) is -1.01. The van der Waals surface area contributed by atoms with Gasteiger partial charge in [-0.1, -0.05) is 300 Å². The average molecular weight is 1030 g/mol. The molecule has 0 aliphatic carbocycles. The number of rotatable bonds is 60. The Morgan fingerprint density at radius 1 is 0.329 bits per heavy atom. The zero-order valence-electron chi connectivity index (χ0n) is 48.9. The first-order valence-electron chi connectivity index (χ1n) is 32.5. The van der Waals surface area contributed by atoms with E-state index in [2.05, 4.69) is 67.8 Å². The lowest BCUT2D eigenvalue weighted by atomic mass is 10.00. The van der Waals surface area contributed by atoms with E-state index in [1.807, 2.05) is 0 Å². The number of carbonyl (C=O) groups excluding carboxylic acids is 1. The normalized spacial score (nSPS) is 13.9. The van der Waals surface area contributed by atoms with Crippen molar-refractivity contribution < 1.29 is 25.2 Å². The Morgan fingerprint density at radius 3 is 0.863 bits per heavy atom. The Hall–Kier alpha value is -1.73. The highest BCUT2D eigenvalue weighted by atomic mass is 16.3. The molecular weight excluding hydrogens is 899 g/mol. The van der Waals surface area contributed by atoms with Gasteiger partial charge in [0.1, 0.15) is 12.2 Å². The van der Waals surface area contributed by atoms with Crippen molar-refractivity contribution in [3.63, 3.8) is 0 Å². The third kappa shape index (κ3) is 54.9. The van der Waals surface area contributed by atoms with Gasteiger partial charge in [0.15, 0.2) is 0 Å². The molecule has 0 saturated carbocycles. The molecule has 5 N–H and O–H groups in total. The fourth-order valence-corrected chi connectivity index (χ4v) is 10.1. The van der Waals surface area contributed by atoms with Crippen LogP contribution in [0.25, 0.3) is 0 Å². The van der Waals surface area contributed by atoms with E-state index in [0.29, 0.717) is 19.3 Å². The molecule has 6 nitrogen and oxygen atoms in total. The third-order valence-corrected chi connectivity index (χ3v) is 15.2. The Labute approximate surface area is 455 Å². The van der Waals surface area contributed by atoms with Crippen LogP contribution in [0.15, 0.2) is 48.6 Å². The van der Waals surface area contributed by atoms with Gasteiger partial charge in [0.05, 0.1) is 18.8 Å². The second-order valence-electron chi connectivity index (χ2n) is 22.4. The molecule has 0 aliphatic rings. The molecule has 0 aromatic heterocycles. The van der Waals surface area contributed by atoms with Crippen molar-refractivity contribution in [3.05, 3.63) is 48.6 Å². The minimum Gasteiger partial charge on any atom is -0.394 e. The van der Waals surface area contributed by atoms with Crippen LogP contribution >= 0.6 is 0 Å². The molecule has 0 spiro atoms. The maximum absolute atomic E-state index is 12.6. The van der Waals surface area contributed by atoms with Gasteiger partial charge in [-0.15, -0.1) is 0 Å². The van der Waals surface area contributed by atoms with Crippen molar-refractivity contribution in [2.45, 2.75) is 366 Å². The minimum atomic E-state index is -1.30. The molecule has 4 atom stereocenters. The van der Waals surface area contributed by atoms with Crippen LogP contribution in [0.2, 0.25) is 0 Å². The van der Waals surface area contributed by atoms with Crippen LogP contribution in [0.4, 0.5) is 0 Å². The van der Waals surface area contributed by atoms with Gasteiger partial charge >= 0.3 is 0 Å². The van der Waals surface area contributed by atoms with Crippen LogP contribution in [0.3, 0.4) is 0 Å². The summed E-state index contributed by atoms with van der Waals surface area (Å²) in [6.07, 6.45) is 79.3. The zero-order chi connectivity index (χ0) is 53.0. The molecule has 0 aliphatic heterocycles. The van der Waals surface area contributed by atoms with E-state index < -0.39 is 36.9 Å². The number of hydrogen-bond acceptors (Lipinski definition) is 5. The predicted octanol–water partition coefficient (Wildman–Crippen LogP) is 19.7. The predicted molar refractivity (Wildman–Crippen MR) is 320 cm³/mol. The largest absolute Gasteiger partial charge is 0.394 e. The molecule has 0 bridgehead atoms. The lowest BCUT2D eigenvalue weighted by Gasteiger charge is -2.27. The quantitative estimate of drug-likeness (QED) is 0.0308. The topological polar surface area (TPSA) is 110 Å². The Balaban J connectivity index is 3.61. The fraction of sp³-hybridized carbons (Fsp3) is 0.866. The molecule has 0 radical (unpaired) electrons. The fourth-order valence-electron chi connectivity index (χ4n) is 10.1. The van der Waals surface area contributed by atoms with E-state index in [-0.39, 0.29) is 0 Å². The highest BCUT2D eigenvalue weighted by molar-refractivity contribution is 5.80. The smallest absolute Gasteiger partial charge is 0.249 e. The second-order valence-corrected chi connectivity index (χ2v) is 22.4. The van der Waals surface area contributed by atoms with Crippen molar-refractivity contribution >= 4 is 5.91 Å². The lowest BCUT2D eigenvalue weighted by Crippen LogP contribution is -2.53. The van der Waals surface area contributed by atoms with E-state index in [1.54, 1.807) is 0 Å². The van der Waals surface area contributed by atoms with Crippen molar-refractivity contribution in [1.82, 2.24) is 5.32 Å². The van der Waals surface area contributed by atoms with Crippen molar-refractivity contribution in [1.29, 1.82) is 0 Å². The summed E-state index contributed by atoms with van der Waals surface area (Å²) in [7, 11) is 0. The van der Waals surface area contributed by atoms with Crippen LogP contribution in [0.5, 0.6) is 0 Å². The summed E-state index contributed by atoms with van der Waals surface area (Å²) >= 11 is 0. The SMILES string of the molecule is CCCCCCCCCCCC/C=C/CC/C=C/CC/C=C/CCCC(O)C(O)C(CO)NC(=O)C(O)CCCCCCCCCCCCCCCCCC/C=C\CCCCCCCCCCCCCCCC. The monoisotopic (exact) mass is 1030 g/mol. The number of aliphatic hydroxyl groups is 4. The maximum Gasteiger partial charge on any atom is 0.249 e.